The summed E-state index contributed by atoms with van der Waals surface area (Å²) in [5, 5.41) is -2.62. The molecule has 13 heavy (non-hydrogen) atoms. The standard InChI is InChI=1S/C6H6Cl6.Zn/c7-1-2(8)4(10)6(12)5(11)3(1)9;/h1-6H;. The van der Waals surface area contributed by atoms with E-state index in [0.717, 1.165) is 0 Å². The molecule has 1 fully saturated rings. The molecular formula is C6H6Cl6Zn. The van der Waals surface area contributed by atoms with E-state index >= 15 is 0 Å². The van der Waals surface area contributed by atoms with Gasteiger partial charge in [0, 0.05) is 19.5 Å². The largest absolute Gasteiger partial charge is 0.120 e. The Hall–Kier alpha value is 2.36. The Balaban J connectivity index is 0.00000144. The van der Waals surface area contributed by atoms with Gasteiger partial charge >= 0.3 is 0 Å². The van der Waals surface area contributed by atoms with Crippen LogP contribution in [0.3, 0.4) is 0 Å². The SMILES string of the molecule is ClC1C(Cl)C(Cl)C(Cl)C(Cl)C1Cl.[Zn]. The van der Waals surface area contributed by atoms with Gasteiger partial charge < -0.3 is 0 Å². The first-order valence-electron chi connectivity index (χ1n) is 3.31. The third-order valence-electron chi connectivity index (χ3n) is 1.83. The molecule has 0 saturated heterocycles. The average Bonchev–Trinajstić information content (AvgIpc) is 2.08. The van der Waals surface area contributed by atoms with E-state index in [2.05, 4.69) is 0 Å². The summed E-state index contributed by atoms with van der Waals surface area (Å²) in [6.45, 7) is 0. The molecule has 0 spiro atoms. The van der Waals surface area contributed by atoms with Gasteiger partial charge in [-0.2, -0.15) is 0 Å². The number of alkyl halides is 6. The van der Waals surface area contributed by atoms with Crippen LogP contribution in [-0.4, -0.2) is 32.3 Å². The fourth-order valence-corrected chi connectivity index (χ4v) is 3.38. The predicted molar refractivity (Wildman–Crippen MR) is 57.8 cm³/mol. The van der Waals surface area contributed by atoms with Crippen molar-refractivity contribution in [3.05, 3.63) is 0 Å². The maximum absolute atomic E-state index is 5.88. The van der Waals surface area contributed by atoms with E-state index in [0.29, 0.717) is 0 Å². The molecule has 7 heteroatoms. The Morgan fingerprint density at radius 1 is 0.385 bits per heavy atom. The minimum absolute atomic E-state index is 0. The molecule has 1 aliphatic carbocycles. The van der Waals surface area contributed by atoms with E-state index in [-0.39, 0.29) is 19.5 Å². The van der Waals surface area contributed by atoms with Crippen molar-refractivity contribution in [2.45, 2.75) is 32.3 Å². The van der Waals surface area contributed by atoms with Crippen molar-refractivity contribution in [2.24, 2.45) is 0 Å². The van der Waals surface area contributed by atoms with Crippen molar-refractivity contribution >= 4 is 69.6 Å². The van der Waals surface area contributed by atoms with E-state index in [1.165, 1.54) is 0 Å². The third kappa shape index (κ3) is 3.16. The van der Waals surface area contributed by atoms with Crippen LogP contribution in [0.1, 0.15) is 0 Å². The molecule has 1 saturated carbocycles. The van der Waals surface area contributed by atoms with E-state index in [1.807, 2.05) is 0 Å². The monoisotopic (exact) mass is 352 g/mol. The van der Waals surface area contributed by atoms with Gasteiger partial charge in [-0.15, -0.1) is 69.6 Å². The molecule has 0 aliphatic heterocycles. The number of hydrogen-bond acceptors (Lipinski definition) is 0. The van der Waals surface area contributed by atoms with Gasteiger partial charge in [-0.05, 0) is 0 Å². The minimum Gasteiger partial charge on any atom is -0.120 e. The summed E-state index contributed by atoms with van der Waals surface area (Å²) in [5.74, 6) is 0. The molecule has 0 unspecified atom stereocenters. The maximum Gasteiger partial charge on any atom is 0.0693 e. The van der Waals surface area contributed by atoms with Crippen LogP contribution in [0.2, 0.25) is 0 Å². The molecule has 0 nitrogen and oxygen atoms in total. The Morgan fingerprint density at radius 3 is 0.538 bits per heavy atom. The molecule has 0 atom stereocenters. The van der Waals surface area contributed by atoms with Crippen LogP contribution >= 0.6 is 69.6 Å². The zero-order chi connectivity index (χ0) is 9.46. The molecule has 0 bridgehead atoms. The first kappa shape index (κ1) is 15.4. The van der Waals surface area contributed by atoms with Crippen LogP contribution < -0.4 is 0 Å². The summed E-state index contributed by atoms with van der Waals surface area (Å²) < 4.78 is 0. The van der Waals surface area contributed by atoms with Gasteiger partial charge in [-0.25, -0.2) is 0 Å². The van der Waals surface area contributed by atoms with Crippen molar-refractivity contribution in [3.8, 4) is 0 Å². The second kappa shape index (κ2) is 6.19. The Morgan fingerprint density at radius 2 is 0.462 bits per heavy atom. The van der Waals surface area contributed by atoms with E-state index in [4.69, 9.17) is 69.6 Å². The van der Waals surface area contributed by atoms with Crippen LogP contribution in [-0.2, 0) is 19.5 Å². The average molecular weight is 356 g/mol. The first-order valence-corrected chi connectivity index (χ1v) is 5.93. The molecular weight excluding hydrogens is 350 g/mol. The number of hydrogen-bond donors (Lipinski definition) is 0. The Kier molecular flexibility index (Phi) is 7.31. The van der Waals surface area contributed by atoms with E-state index < -0.39 is 32.3 Å². The first-order chi connectivity index (χ1) is 5.46. The van der Waals surface area contributed by atoms with Gasteiger partial charge in [0.2, 0.25) is 0 Å². The summed E-state index contributed by atoms with van der Waals surface area (Å²) in [6, 6.07) is 0. The third-order valence-corrected chi connectivity index (χ3v) is 5.86. The van der Waals surface area contributed by atoms with E-state index in [9.17, 15) is 0 Å². The molecule has 0 aromatic rings. The van der Waals surface area contributed by atoms with Gasteiger partial charge in [0.25, 0.3) is 0 Å². The number of rotatable bonds is 0. The zero-order valence-corrected chi connectivity index (χ0v) is 13.9. The van der Waals surface area contributed by atoms with Crippen LogP contribution in [0.15, 0.2) is 0 Å². The fraction of sp³-hybridized carbons (Fsp3) is 1.00. The maximum atomic E-state index is 5.88. The summed E-state index contributed by atoms with van der Waals surface area (Å²) in [4.78, 5) is 0. The number of halogens is 6. The van der Waals surface area contributed by atoms with Crippen LogP contribution in [0.4, 0.5) is 0 Å². The Bertz CT molecular complexity index is 109. The molecule has 0 radical (unpaired) electrons. The van der Waals surface area contributed by atoms with Crippen molar-refractivity contribution in [1.82, 2.24) is 0 Å². The summed E-state index contributed by atoms with van der Waals surface area (Å²) in [6.07, 6.45) is 0. The minimum atomic E-state index is -0.437. The predicted octanol–water partition coefficient (Wildman–Crippen LogP) is 3.64. The molecule has 0 N–H and O–H groups in total. The van der Waals surface area contributed by atoms with Crippen LogP contribution in [0, 0.1) is 0 Å². The van der Waals surface area contributed by atoms with Crippen molar-refractivity contribution < 1.29 is 19.5 Å². The summed E-state index contributed by atoms with van der Waals surface area (Å²) >= 11 is 35.3. The van der Waals surface area contributed by atoms with Gasteiger partial charge in [0.05, 0.1) is 32.3 Å². The van der Waals surface area contributed by atoms with E-state index in [1.54, 1.807) is 0 Å². The molecule has 1 aliphatic rings. The van der Waals surface area contributed by atoms with Crippen molar-refractivity contribution in [1.29, 1.82) is 0 Å². The van der Waals surface area contributed by atoms with Crippen molar-refractivity contribution in [2.75, 3.05) is 0 Å². The second-order valence-electron chi connectivity index (χ2n) is 2.67. The molecule has 1 rings (SSSR count). The normalized spacial score (nSPS) is 51.2. The fourth-order valence-electron chi connectivity index (χ4n) is 1.05. The van der Waals surface area contributed by atoms with Crippen molar-refractivity contribution in [3.63, 3.8) is 0 Å². The Labute approximate surface area is 120 Å². The quantitative estimate of drug-likeness (QED) is 0.459. The summed E-state index contributed by atoms with van der Waals surface area (Å²) in [7, 11) is 0. The van der Waals surface area contributed by atoms with Crippen LogP contribution in [0.5, 0.6) is 0 Å². The summed E-state index contributed by atoms with van der Waals surface area (Å²) in [5.41, 5.74) is 0. The smallest absolute Gasteiger partial charge is 0.0693 e. The van der Waals surface area contributed by atoms with Crippen LogP contribution in [0.25, 0.3) is 0 Å². The van der Waals surface area contributed by atoms with Gasteiger partial charge in [0.1, 0.15) is 0 Å². The molecule has 0 heterocycles. The molecule has 0 aromatic heterocycles. The molecule has 0 amide bonds. The topological polar surface area (TPSA) is 0 Å². The molecule has 0 aromatic carbocycles. The molecule has 74 valence electrons. The van der Waals surface area contributed by atoms with Gasteiger partial charge in [-0.3, -0.25) is 0 Å². The van der Waals surface area contributed by atoms with Gasteiger partial charge in [-0.1, -0.05) is 0 Å². The second-order valence-corrected chi connectivity index (χ2v) is 5.69. The zero-order valence-electron chi connectivity index (χ0n) is 6.44. The van der Waals surface area contributed by atoms with Gasteiger partial charge in [0.15, 0.2) is 0 Å².